The Morgan fingerprint density at radius 2 is 1.86 bits per heavy atom. The molecule has 1 aromatic rings. The summed E-state index contributed by atoms with van der Waals surface area (Å²) in [5.74, 6) is 1.35. The molecule has 3 rings (SSSR count). The molecule has 1 aliphatic carbocycles. The molecule has 1 aromatic heterocycles. The Hall–Kier alpha value is -0.700. The highest BCUT2D eigenvalue weighted by molar-refractivity contribution is 7.88. The van der Waals surface area contributed by atoms with Crippen LogP contribution in [0.3, 0.4) is 0 Å². The zero-order valence-electron chi connectivity index (χ0n) is 12.7. The summed E-state index contributed by atoms with van der Waals surface area (Å²) in [5.41, 5.74) is 5.89. The normalized spacial score (nSPS) is 23.4. The van der Waals surface area contributed by atoms with Crippen LogP contribution in [0, 0.1) is 0 Å². The first-order valence-electron chi connectivity index (χ1n) is 7.47. The Balaban J connectivity index is 0.00000176. The van der Waals surface area contributed by atoms with Crippen molar-refractivity contribution in [3.63, 3.8) is 0 Å². The van der Waals surface area contributed by atoms with Crippen LogP contribution in [-0.4, -0.2) is 42.2 Å². The minimum absolute atomic E-state index is 0. The molecular weight excluding hydrogens is 328 g/mol. The summed E-state index contributed by atoms with van der Waals surface area (Å²) in [4.78, 5) is 4.50. The minimum Gasteiger partial charge on any atom is -0.339 e. The zero-order valence-corrected chi connectivity index (χ0v) is 14.3. The molecule has 2 heterocycles. The van der Waals surface area contributed by atoms with Crippen molar-refractivity contribution in [2.45, 2.75) is 50.0 Å². The largest absolute Gasteiger partial charge is 0.339 e. The zero-order chi connectivity index (χ0) is 15.1. The third kappa shape index (κ3) is 3.45. The van der Waals surface area contributed by atoms with Gasteiger partial charge in [-0.1, -0.05) is 18.0 Å². The number of piperidine rings is 1. The van der Waals surface area contributed by atoms with Crippen LogP contribution < -0.4 is 5.73 Å². The van der Waals surface area contributed by atoms with E-state index in [0.29, 0.717) is 37.6 Å². The highest BCUT2D eigenvalue weighted by Gasteiger charge is 2.37. The summed E-state index contributed by atoms with van der Waals surface area (Å²) in [6.07, 6.45) is 6.69. The number of rotatable bonds is 3. The van der Waals surface area contributed by atoms with Crippen LogP contribution in [-0.2, 0) is 15.6 Å². The standard InChI is InChI=1S/C13H22N4O3S.ClH/c1-21(18,19)17-8-4-10(5-9-17)11-15-12(16-20-11)13(14)6-2-3-7-13;/h10H,2-9,14H2,1H3;1H. The molecule has 2 N–H and O–H groups in total. The second kappa shape index (κ2) is 6.43. The summed E-state index contributed by atoms with van der Waals surface area (Å²) < 4.78 is 29.9. The highest BCUT2D eigenvalue weighted by Crippen LogP contribution is 2.36. The first kappa shape index (κ1) is 17.7. The van der Waals surface area contributed by atoms with E-state index in [1.807, 2.05) is 0 Å². The van der Waals surface area contributed by atoms with Crippen molar-refractivity contribution in [2.24, 2.45) is 5.73 Å². The SMILES string of the molecule is CS(=O)(=O)N1CCC(c2nc(C3(N)CCCC3)no2)CC1.Cl. The molecule has 0 spiro atoms. The van der Waals surface area contributed by atoms with E-state index < -0.39 is 15.6 Å². The lowest BCUT2D eigenvalue weighted by Crippen LogP contribution is -2.37. The summed E-state index contributed by atoms with van der Waals surface area (Å²) in [7, 11) is -3.10. The predicted molar refractivity (Wildman–Crippen MR) is 84.3 cm³/mol. The van der Waals surface area contributed by atoms with Gasteiger partial charge in [-0.25, -0.2) is 12.7 Å². The van der Waals surface area contributed by atoms with Crippen LogP contribution in [0.4, 0.5) is 0 Å². The summed E-state index contributed by atoms with van der Waals surface area (Å²) in [5, 5.41) is 4.07. The quantitative estimate of drug-likeness (QED) is 0.882. The van der Waals surface area contributed by atoms with E-state index in [9.17, 15) is 8.42 Å². The maximum Gasteiger partial charge on any atom is 0.229 e. The summed E-state index contributed by atoms with van der Waals surface area (Å²) in [6.45, 7) is 1.02. The van der Waals surface area contributed by atoms with E-state index >= 15 is 0 Å². The lowest BCUT2D eigenvalue weighted by molar-refractivity contribution is 0.269. The van der Waals surface area contributed by atoms with Crippen molar-refractivity contribution in [3.05, 3.63) is 11.7 Å². The highest BCUT2D eigenvalue weighted by atomic mass is 35.5. The number of halogens is 1. The third-order valence-corrected chi connectivity index (χ3v) is 5.96. The first-order valence-corrected chi connectivity index (χ1v) is 9.31. The fourth-order valence-corrected chi connectivity index (χ4v) is 4.14. The number of sulfonamides is 1. The molecule has 2 aliphatic rings. The van der Waals surface area contributed by atoms with Gasteiger partial charge in [0.1, 0.15) is 0 Å². The average Bonchev–Trinajstić information content (AvgIpc) is 3.07. The molecule has 0 amide bonds. The second-order valence-electron chi connectivity index (χ2n) is 6.26. The van der Waals surface area contributed by atoms with Crippen LogP contribution in [0.5, 0.6) is 0 Å². The fraction of sp³-hybridized carbons (Fsp3) is 0.846. The molecule has 0 atom stereocenters. The van der Waals surface area contributed by atoms with Gasteiger partial charge in [-0.3, -0.25) is 0 Å². The van der Waals surface area contributed by atoms with Gasteiger partial charge in [-0.15, -0.1) is 12.4 Å². The monoisotopic (exact) mass is 350 g/mol. The number of nitrogens with zero attached hydrogens (tertiary/aromatic N) is 3. The molecule has 0 bridgehead atoms. The third-order valence-electron chi connectivity index (χ3n) is 4.66. The summed E-state index contributed by atoms with van der Waals surface area (Å²) >= 11 is 0. The molecule has 1 saturated heterocycles. The van der Waals surface area contributed by atoms with Crippen LogP contribution >= 0.6 is 12.4 Å². The molecule has 0 radical (unpaired) electrons. The average molecular weight is 351 g/mol. The summed E-state index contributed by atoms with van der Waals surface area (Å²) in [6, 6.07) is 0. The topological polar surface area (TPSA) is 102 Å². The molecule has 0 unspecified atom stereocenters. The van der Waals surface area contributed by atoms with Crippen molar-refractivity contribution in [3.8, 4) is 0 Å². The van der Waals surface area contributed by atoms with Gasteiger partial charge in [0.25, 0.3) is 0 Å². The van der Waals surface area contributed by atoms with E-state index in [1.54, 1.807) is 0 Å². The smallest absolute Gasteiger partial charge is 0.229 e. The lowest BCUT2D eigenvalue weighted by Gasteiger charge is -2.28. The van der Waals surface area contributed by atoms with Gasteiger partial charge >= 0.3 is 0 Å². The van der Waals surface area contributed by atoms with Crippen LogP contribution in [0.25, 0.3) is 0 Å². The lowest BCUT2D eigenvalue weighted by atomic mass is 9.97. The van der Waals surface area contributed by atoms with Gasteiger partial charge in [0.15, 0.2) is 5.82 Å². The maximum atomic E-state index is 11.5. The first-order chi connectivity index (χ1) is 9.88. The molecule has 22 heavy (non-hydrogen) atoms. The van der Waals surface area contributed by atoms with E-state index in [0.717, 1.165) is 25.7 Å². The Bertz CT molecular complexity index is 605. The Morgan fingerprint density at radius 1 is 1.27 bits per heavy atom. The number of hydrogen-bond acceptors (Lipinski definition) is 6. The van der Waals surface area contributed by atoms with Crippen LogP contribution in [0.2, 0.25) is 0 Å². The molecular formula is C13H23ClN4O3S. The molecule has 0 aromatic carbocycles. The van der Waals surface area contributed by atoms with Crippen molar-refractivity contribution >= 4 is 22.4 Å². The van der Waals surface area contributed by atoms with E-state index in [-0.39, 0.29) is 18.3 Å². The second-order valence-corrected chi connectivity index (χ2v) is 8.24. The van der Waals surface area contributed by atoms with Gasteiger partial charge in [0.2, 0.25) is 15.9 Å². The van der Waals surface area contributed by atoms with Gasteiger partial charge in [-0.05, 0) is 25.7 Å². The van der Waals surface area contributed by atoms with Crippen molar-refractivity contribution < 1.29 is 12.9 Å². The van der Waals surface area contributed by atoms with Gasteiger partial charge < -0.3 is 10.3 Å². The van der Waals surface area contributed by atoms with E-state index in [4.69, 9.17) is 10.3 Å². The molecule has 1 saturated carbocycles. The molecule has 2 fully saturated rings. The molecule has 9 heteroatoms. The Labute approximate surface area is 137 Å². The maximum absolute atomic E-state index is 11.5. The number of aromatic nitrogens is 2. The Morgan fingerprint density at radius 3 is 2.41 bits per heavy atom. The minimum atomic E-state index is -3.10. The van der Waals surface area contributed by atoms with Crippen LogP contribution in [0.15, 0.2) is 4.52 Å². The van der Waals surface area contributed by atoms with E-state index in [2.05, 4.69) is 10.1 Å². The number of nitrogens with two attached hydrogens (primary N) is 1. The molecule has 7 nitrogen and oxygen atoms in total. The van der Waals surface area contributed by atoms with Crippen molar-refractivity contribution in [2.75, 3.05) is 19.3 Å². The van der Waals surface area contributed by atoms with Crippen LogP contribution in [0.1, 0.15) is 56.2 Å². The fourth-order valence-electron chi connectivity index (χ4n) is 3.27. The number of hydrogen-bond donors (Lipinski definition) is 1. The van der Waals surface area contributed by atoms with Crippen molar-refractivity contribution in [1.82, 2.24) is 14.4 Å². The Kier molecular flexibility index (Phi) is 5.16. The molecule has 126 valence electrons. The van der Waals surface area contributed by atoms with Gasteiger partial charge in [0, 0.05) is 19.0 Å². The van der Waals surface area contributed by atoms with Gasteiger partial charge in [0.05, 0.1) is 11.8 Å². The predicted octanol–water partition coefficient (Wildman–Crippen LogP) is 1.36. The van der Waals surface area contributed by atoms with E-state index in [1.165, 1.54) is 10.6 Å². The van der Waals surface area contributed by atoms with Crippen molar-refractivity contribution in [1.29, 1.82) is 0 Å². The van der Waals surface area contributed by atoms with Gasteiger partial charge in [-0.2, -0.15) is 4.98 Å². The molecule has 1 aliphatic heterocycles.